The normalized spacial score (nSPS) is 12.1. The van der Waals surface area contributed by atoms with Gasteiger partial charge in [0.15, 0.2) is 0 Å². The Labute approximate surface area is 148 Å². The van der Waals surface area contributed by atoms with Crippen molar-refractivity contribution < 1.29 is 4.79 Å². The second-order valence-electron chi connectivity index (χ2n) is 6.33. The van der Waals surface area contributed by atoms with Crippen molar-refractivity contribution in [2.75, 3.05) is 7.05 Å². The van der Waals surface area contributed by atoms with Crippen LogP contribution in [0, 0.1) is 6.92 Å². The first-order chi connectivity index (χ1) is 12.1. The van der Waals surface area contributed by atoms with Crippen LogP contribution in [0.5, 0.6) is 0 Å². The fourth-order valence-electron chi connectivity index (χ4n) is 2.96. The Kier molecular flexibility index (Phi) is 5.03. The average molecular weight is 336 g/mol. The molecule has 2 aromatic carbocycles. The fraction of sp³-hybridized carbons (Fsp3) is 0.300. The molecule has 25 heavy (non-hydrogen) atoms. The van der Waals surface area contributed by atoms with Crippen LogP contribution < -0.4 is 5.32 Å². The lowest BCUT2D eigenvalue weighted by molar-refractivity contribution is 0.201. The third kappa shape index (κ3) is 3.82. The summed E-state index contributed by atoms with van der Waals surface area (Å²) in [6.07, 6.45) is 0.841. The number of aryl methyl sites for hydroxylation is 1. The van der Waals surface area contributed by atoms with E-state index in [9.17, 15) is 4.79 Å². The Morgan fingerprint density at radius 2 is 1.96 bits per heavy atom. The zero-order valence-electron chi connectivity index (χ0n) is 14.9. The van der Waals surface area contributed by atoms with Gasteiger partial charge in [-0.1, -0.05) is 49.4 Å². The molecule has 0 spiro atoms. The molecule has 5 heteroatoms. The number of fused-ring (bicyclic) bond motifs is 1. The van der Waals surface area contributed by atoms with Gasteiger partial charge in [0.25, 0.3) is 0 Å². The molecule has 3 rings (SSSR count). The summed E-state index contributed by atoms with van der Waals surface area (Å²) >= 11 is 0. The van der Waals surface area contributed by atoms with Gasteiger partial charge in [0.1, 0.15) is 5.82 Å². The van der Waals surface area contributed by atoms with Crippen molar-refractivity contribution in [2.45, 2.75) is 32.9 Å². The van der Waals surface area contributed by atoms with E-state index in [2.05, 4.69) is 22.2 Å². The maximum absolute atomic E-state index is 12.5. The number of hydrogen-bond acceptors (Lipinski definition) is 2. The third-order valence-electron chi connectivity index (χ3n) is 4.41. The maximum Gasteiger partial charge on any atom is 0.318 e. The van der Waals surface area contributed by atoms with E-state index in [1.165, 1.54) is 0 Å². The number of aromatic nitrogens is 2. The number of H-pyrrole nitrogens is 1. The van der Waals surface area contributed by atoms with Crippen LogP contribution in [0.1, 0.15) is 36.3 Å². The number of imidazole rings is 1. The zero-order valence-corrected chi connectivity index (χ0v) is 14.9. The van der Waals surface area contributed by atoms with Crippen molar-refractivity contribution in [2.24, 2.45) is 0 Å². The highest BCUT2D eigenvalue weighted by atomic mass is 16.2. The number of carbonyl (C=O) groups is 1. The lowest BCUT2D eigenvalue weighted by Crippen LogP contribution is -2.39. The number of urea groups is 1. The van der Waals surface area contributed by atoms with Crippen molar-refractivity contribution >= 4 is 17.1 Å². The number of amides is 2. The summed E-state index contributed by atoms with van der Waals surface area (Å²) in [4.78, 5) is 22.1. The van der Waals surface area contributed by atoms with Crippen molar-refractivity contribution in [1.29, 1.82) is 0 Å². The van der Waals surface area contributed by atoms with Gasteiger partial charge in [-0.3, -0.25) is 0 Å². The monoisotopic (exact) mass is 336 g/mol. The van der Waals surface area contributed by atoms with Crippen molar-refractivity contribution in [3.05, 3.63) is 65.5 Å². The second-order valence-corrected chi connectivity index (χ2v) is 6.33. The Morgan fingerprint density at radius 3 is 2.64 bits per heavy atom. The number of rotatable bonds is 5. The minimum atomic E-state index is -0.104. The van der Waals surface area contributed by atoms with Crippen molar-refractivity contribution in [3.63, 3.8) is 0 Å². The highest BCUT2D eigenvalue weighted by Crippen LogP contribution is 2.18. The Morgan fingerprint density at radius 1 is 1.20 bits per heavy atom. The van der Waals surface area contributed by atoms with E-state index in [-0.39, 0.29) is 12.1 Å². The Hall–Kier alpha value is -2.82. The molecule has 1 atom stereocenters. The SMILES string of the molecule is CC[C@H](NC(=O)N(C)Cc1nc2c(C)cccc2[nH]1)c1ccccc1. The average Bonchev–Trinajstić information content (AvgIpc) is 3.04. The molecule has 0 saturated carbocycles. The van der Waals surface area contributed by atoms with E-state index in [1.807, 2.05) is 55.5 Å². The summed E-state index contributed by atoms with van der Waals surface area (Å²) in [5.41, 5.74) is 4.20. The van der Waals surface area contributed by atoms with Crippen molar-refractivity contribution in [1.82, 2.24) is 20.2 Å². The molecule has 5 nitrogen and oxygen atoms in total. The van der Waals surface area contributed by atoms with Gasteiger partial charge in [0, 0.05) is 7.05 Å². The first-order valence-electron chi connectivity index (χ1n) is 8.59. The van der Waals surface area contributed by atoms with Crippen LogP contribution in [0.3, 0.4) is 0 Å². The number of hydrogen-bond donors (Lipinski definition) is 2. The van der Waals surface area contributed by atoms with Gasteiger partial charge in [-0.25, -0.2) is 9.78 Å². The van der Waals surface area contributed by atoms with Crippen LogP contribution in [-0.4, -0.2) is 27.9 Å². The van der Waals surface area contributed by atoms with Gasteiger partial charge in [-0.05, 0) is 30.5 Å². The molecule has 0 unspecified atom stereocenters. The molecule has 0 aliphatic heterocycles. The summed E-state index contributed by atoms with van der Waals surface area (Å²) in [5, 5.41) is 3.09. The lowest BCUT2D eigenvalue weighted by atomic mass is 10.1. The molecule has 0 saturated heterocycles. The number of carbonyl (C=O) groups excluding carboxylic acids is 1. The van der Waals surface area contributed by atoms with Crippen LogP contribution in [0.15, 0.2) is 48.5 Å². The van der Waals surface area contributed by atoms with Gasteiger partial charge in [-0.2, -0.15) is 0 Å². The van der Waals surface area contributed by atoms with E-state index in [4.69, 9.17) is 0 Å². The van der Waals surface area contributed by atoms with Crippen LogP contribution in [-0.2, 0) is 6.54 Å². The second kappa shape index (κ2) is 7.38. The summed E-state index contributed by atoms with van der Waals surface area (Å²) in [5.74, 6) is 0.787. The van der Waals surface area contributed by atoms with Gasteiger partial charge in [0.05, 0.1) is 23.6 Å². The summed E-state index contributed by atoms with van der Waals surface area (Å²) in [6, 6.07) is 16.0. The number of benzene rings is 2. The molecule has 2 N–H and O–H groups in total. The molecule has 0 aliphatic rings. The smallest absolute Gasteiger partial charge is 0.318 e. The van der Waals surface area contributed by atoms with Crippen LogP contribution in [0.4, 0.5) is 4.79 Å². The largest absolute Gasteiger partial charge is 0.340 e. The molecule has 0 bridgehead atoms. The number of aromatic amines is 1. The van der Waals surface area contributed by atoms with E-state index in [0.29, 0.717) is 6.54 Å². The molecule has 0 aliphatic carbocycles. The van der Waals surface area contributed by atoms with Gasteiger partial charge >= 0.3 is 6.03 Å². The number of nitrogens with one attached hydrogen (secondary N) is 2. The van der Waals surface area contributed by atoms with E-state index >= 15 is 0 Å². The van der Waals surface area contributed by atoms with Crippen LogP contribution in [0.2, 0.25) is 0 Å². The highest BCUT2D eigenvalue weighted by molar-refractivity contribution is 5.79. The molecule has 3 aromatic rings. The molecule has 0 radical (unpaired) electrons. The third-order valence-corrected chi connectivity index (χ3v) is 4.41. The van der Waals surface area contributed by atoms with E-state index in [1.54, 1.807) is 11.9 Å². The molecule has 2 amide bonds. The molecular weight excluding hydrogens is 312 g/mol. The van der Waals surface area contributed by atoms with Crippen LogP contribution in [0.25, 0.3) is 11.0 Å². The Bertz CT molecular complexity index is 857. The molecule has 130 valence electrons. The lowest BCUT2D eigenvalue weighted by Gasteiger charge is -2.22. The number of nitrogens with zero attached hydrogens (tertiary/aromatic N) is 2. The molecular formula is C20H24N4O. The summed E-state index contributed by atoms with van der Waals surface area (Å²) < 4.78 is 0. The zero-order chi connectivity index (χ0) is 17.8. The fourth-order valence-corrected chi connectivity index (χ4v) is 2.96. The minimum Gasteiger partial charge on any atom is -0.340 e. The summed E-state index contributed by atoms with van der Waals surface area (Å²) in [6.45, 7) is 4.54. The minimum absolute atomic E-state index is 0.00840. The predicted molar refractivity (Wildman–Crippen MR) is 100 cm³/mol. The first-order valence-corrected chi connectivity index (χ1v) is 8.59. The summed E-state index contributed by atoms with van der Waals surface area (Å²) in [7, 11) is 1.78. The van der Waals surface area contributed by atoms with E-state index < -0.39 is 0 Å². The standard InChI is InChI=1S/C20H24N4O/c1-4-16(15-10-6-5-7-11-15)22-20(25)24(3)13-18-21-17-12-8-9-14(2)19(17)23-18/h5-12,16H,4,13H2,1-3H3,(H,21,23)(H,22,25)/t16-/m0/s1. The van der Waals surface area contributed by atoms with Gasteiger partial charge in [0.2, 0.25) is 0 Å². The topological polar surface area (TPSA) is 61.0 Å². The van der Waals surface area contributed by atoms with Crippen LogP contribution >= 0.6 is 0 Å². The first kappa shape index (κ1) is 17.0. The van der Waals surface area contributed by atoms with Crippen molar-refractivity contribution in [3.8, 4) is 0 Å². The van der Waals surface area contributed by atoms with Gasteiger partial charge < -0.3 is 15.2 Å². The van der Waals surface area contributed by atoms with E-state index in [0.717, 1.165) is 34.4 Å². The molecule has 0 fully saturated rings. The van der Waals surface area contributed by atoms with Gasteiger partial charge in [-0.15, -0.1) is 0 Å². The molecule has 1 aromatic heterocycles. The Balaban J connectivity index is 1.68. The maximum atomic E-state index is 12.5. The quantitative estimate of drug-likeness (QED) is 0.735. The molecule has 1 heterocycles. The number of para-hydroxylation sites is 1. The highest BCUT2D eigenvalue weighted by Gasteiger charge is 2.17. The predicted octanol–water partition coefficient (Wildman–Crippen LogP) is 4.16.